The predicted octanol–water partition coefficient (Wildman–Crippen LogP) is 1.93. The molecule has 2 aromatic rings. The van der Waals surface area contributed by atoms with Crippen LogP contribution in [0.3, 0.4) is 0 Å². The van der Waals surface area contributed by atoms with Crippen molar-refractivity contribution in [1.29, 1.82) is 0 Å². The summed E-state index contributed by atoms with van der Waals surface area (Å²) in [5, 5.41) is 12.9. The first-order chi connectivity index (χ1) is 7.63. The van der Waals surface area contributed by atoms with Crippen molar-refractivity contribution in [1.82, 2.24) is 9.78 Å². The maximum Gasteiger partial charge on any atom is 0.358 e. The fraction of sp³-hybridized carbons (Fsp3) is 0.111. The summed E-state index contributed by atoms with van der Waals surface area (Å²) >= 11 is 3.13. The highest BCUT2D eigenvalue weighted by molar-refractivity contribution is 9.10. The standard InChI is InChI=1S/C9H7BrN2O4/c1-15-5-4-11-12(8(5)9(13)14)7-3-2-6(10)16-7/h2-4H,1H3,(H,13,14). The van der Waals surface area contributed by atoms with Crippen molar-refractivity contribution in [3.63, 3.8) is 0 Å². The van der Waals surface area contributed by atoms with E-state index in [1.165, 1.54) is 13.3 Å². The van der Waals surface area contributed by atoms with Crippen molar-refractivity contribution >= 4 is 21.9 Å². The molecule has 16 heavy (non-hydrogen) atoms. The summed E-state index contributed by atoms with van der Waals surface area (Å²) in [6.45, 7) is 0. The van der Waals surface area contributed by atoms with Gasteiger partial charge in [-0.15, -0.1) is 0 Å². The maximum absolute atomic E-state index is 11.0. The molecule has 1 N–H and O–H groups in total. The Hall–Kier alpha value is -1.76. The number of halogens is 1. The Kier molecular flexibility index (Phi) is 2.69. The van der Waals surface area contributed by atoms with E-state index < -0.39 is 5.97 Å². The summed E-state index contributed by atoms with van der Waals surface area (Å²) < 4.78 is 11.8. The van der Waals surface area contributed by atoms with Gasteiger partial charge in [-0.25, -0.2) is 4.79 Å². The van der Waals surface area contributed by atoms with Gasteiger partial charge in [-0.2, -0.15) is 9.78 Å². The van der Waals surface area contributed by atoms with E-state index in [-0.39, 0.29) is 11.4 Å². The highest BCUT2D eigenvalue weighted by atomic mass is 79.9. The molecule has 0 aliphatic carbocycles. The van der Waals surface area contributed by atoms with Gasteiger partial charge in [-0.1, -0.05) is 0 Å². The van der Waals surface area contributed by atoms with E-state index in [1.54, 1.807) is 12.1 Å². The lowest BCUT2D eigenvalue weighted by molar-refractivity contribution is 0.0682. The van der Waals surface area contributed by atoms with Crippen LogP contribution in [0, 0.1) is 0 Å². The molecule has 0 amide bonds. The first kappa shape index (κ1) is 10.7. The normalized spacial score (nSPS) is 10.4. The van der Waals surface area contributed by atoms with E-state index in [2.05, 4.69) is 21.0 Å². The Morgan fingerprint density at radius 1 is 1.62 bits per heavy atom. The number of methoxy groups -OCH3 is 1. The summed E-state index contributed by atoms with van der Waals surface area (Å²) in [7, 11) is 1.38. The lowest BCUT2D eigenvalue weighted by Crippen LogP contribution is -2.08. The van der Waals surface area contributed by atoms with Gasteiger partial charge in [-0.05, 0) is 22.0 Å². The van der Waals surface area contributed by atoms with E-state index in [9.17, 15) is 4.79 Å². The van der Waals surface area contributed by atoms with Crippen molar-refractivity contribution in [3.8, 4) is 11.6 Å². The molecule has 2 aromatic heterocycles. The van der Waals surface area contributed by atoms with Crippen molar-refractivity contribution < 1.29 is 19.1 Å². The highest BCUT2D eigenvalue weighted by Gasteiger charge is 2.21. The number of hydrogen-bond donors (Lipinski definition) is 1. The number of aromatic nitrogens is 2. The smallest absolute Gasteiger partial charge is 0.358 e. The number of ether oxygens (including phenoxy) is 1. The van der Waals surface area contributed by atoms with E-state index in [0.29, 0.717) is 10.6 Å². The van der Waals surface area contributed by atoms with Crippen molar-refractivity contribution in [2.45, 2.75) is 0 Å². The molecule has 0 fully saturated rings. The first-order valence-electron chi connectivity index (χ1n) is 4.24. The minimum absolute atomic E-state index is 0.0793. The zero-order chi connectivity index (χ0) is 11.7. The minimum atomic E-state index is -1.14. The van der Waals surface area contributed by atoms with Crippen LogP contribution >= 0.6 is 15.9 Å². The quantitative estimate of drug-likeness (QED) is 0.933. The number of nitrogens with zero attached hydrogens (tertiary/aromatic N) is 2. The summed E-state index contributed by atoms with van der Waals surface area (Å²) in [6.07, 6.45) is 1.32. The van der Waals surface area contributed by atoms with E-state index >= 15 is 0 Å². The molecular weight excluding hydrogens is 280 g/mol. The van der Waals surface area contributed by atoms with E-state index in [1.807, 2.05) is 0 Å². The lowest BCUT2D eigenvalue weighted by Gasteiger charge is -2.01. The van der Waals surface area contributed by atoms with Gasteiger partial charge in [0.2, 0.25) is 5.88 Å². The van der Waals surface area contributed by atoms with Crippen LogP contribution in [0.2, 0.25) is 0 Å². The second-order valence-corrected chi connectivity index (χ2v) is 3.64. The molecule has 0 atom stereocenters. The molecule has 0 unspecified atom stereocenters. The molecule has 84 valence electrons. The molecule has 0 aliphatic rings. The molecule has 0 aliphatic heterocycles. The molecule has 6 nitrogen and oxygen atoms in total. The summed E-state index contributed by atoms with van der Waals surface area (Å²) in [5.41, 5.74) is -0.0793. The maximum atomic E-state index is 11.0. The number of rotatable bonds is 3. The van der Waals surface area contributed by atoms with Crippen LogP contribution in [0.25, 0.3) is 5.88 Å². The third-order valence-corrected chi connectivity index (χ3v) is 2.35. The van der Waals surface area contributed by atoms with Gasteiger partial charge in [0.15, 0.2) is 16.1 Å². The van der Waals surface area contributed by atoms with Crippen LogP contribution in [-0.4, -0.2) is 28.0 Å². The Morgan fingerprint density at radius 3 is 2.88 bits per heavy atom. The average molecular weight is 287 g/mol. The Labute approximate surface area is 98.6 Å². The highest BCUT2D eigenvalue weighted by Crippen LogP contribution is 2.24. The molecule has 2 rings (SSSR count). The van der Waals surface area contributed by atoms with Gasteiger partial charge in [0.25, 0.3) is 0 Å². The fourth-order valence-electron chi connectivity index (χ4n) is 1.26. The Bertz CT molecular complexity index is 531. The number of carboxylic acid groups (broad SMARTS) is 1. The van der Waals surface area contributed by atoms with Gasteiger partial charge in [0.05, 0.1) is 13.3 Å². The van der Waals surface area contributed by atoms with Gasteiger partial charge >= 0.3 is 5.97 Å². The fourth-order valence-corrected chi connectivity index (χ4v) is 1.56. The van der Waals surface area contributed by atoms with Crippen LogP contribution in [-0.2, 0) is 0 Å². The number of furan rings is 1. The SMILES string of the molecule is COc1cnn(-c2ccc(Br)o2)c1C(=O)O. The van der Waals surface area contributed by atoms with Gasteiger partial charge in [0.1, 0.15) is 0 Å². The average Bonchev–Trinajstić information content (AvgIpc) is 2.82. The van der Waals surface area contributed by atoms with Crippen LogP contribution in [0.5, 0.6) is 5.75 Å². The third kappa shape index (κ3) is 1.69. The number of carbonyl (C=O) groups is 1. The number of aromatic carboxylic acids is 1. The molecular formula is C9H7BrN2O4. The van der Waals surface area contributed by atoms with Crippen LogP contribution in [0.4, 0.5) is 0 Å². The molecule has 0 saturated carbocycles. The summed E-state index contributed by atoms with van der Waals surface area (Å²) in [5.74, 6) is -0.658. The number of hydrogen-bond acceptors (Lipinski definition) is 4. The molecule has 0 bridgehead atoms. The van der Waals surface area contributed by atoms with E-state index in [0.717, 1.165) is 4.68 Å². The third-order valence-electron chi connectivity index (χ3n) is 1.93. The zero-order valence-corrected chi connectivity index (χ0v) is 9.76. The minimum Gasteiger partial charge on any atom is -0.493 e. The predicted molar refractivity (Wildman–Crippen MR) is 57.0 cm³/mol. The Balaban J connectivity index is 2.57. The monoisotopic (exact) mass is 286 g/mol. The van der Waals surface area contributed by atoms with Crippen molar-refractivity contribution in [2.75, 3.05) is 7.11 Å². The molecule has 0 aromatic carbocycles. The largest absolute Gasteiger partial charge is 0.493 e. The van der Waals surface area contributed by atoms with Gasteiger partial charge in [-0.3, -0.25) is 0 Å². The Morgan fingerprint density at radius 2 is 2.38 bits per heavy atom. The van der Waals surface area contributed by atoms with E-state index in [4.69, 9.17) is 14.3 Å². The molecule has 0 spiro atoms. The summed E-state index contributed by atoms with van der Waals surface area (Å²) in [6, 6.07) is 3.25. The molecule has 0 radical (unpaired) electrons. The lowest BCUT2D eigenvalue weighted by atomic mass is 10.4. The number of carboxylic acids is 1. The van der Waals surface area contributed by atoms with Crippen LogP contribution < -0.4 is 4.74 Å². The zero-order valence-electron chi connectivity index (χ0n) is 8.18. The first-order valence-corrected chi connectivity index (χ1v) is 5.04. The van der Waals surface area contributed by atoms with Gasteiger partial charge in [0, 0.05) is 6.07 Å². The van der Waals surface area contributed by atoms with Crippen molar-refractivity contribution in [2.24, 2.45) is 0 Å². The van der Waals surface area contributed by atoms with Crippen molar-refractivity contribution in [3.05, 3.63) is 28.7 Å². The molecule has 2 heterocycles. The molecule has 0 saturated heterocycles. The van der Waals surface area contributed by atoms with Gasteiger partial charge < -0.3 is 14.3 Å². The second kappa shape index (κ2) is 4.01. The topological polar surface area (TPSA) is 77.5 Å². The summed E-state index contributed by atoms with van der Waals surface area (Å²) in [4.78, 5) is 11.0. The molecule has 7 heteroatoms. The van der Waals surface area contributed by atoms with Crippen LogP contribution in [0.1, 0.15) is 10.5 Å². The van der Waals surface area contributed by atoms with Crippen LogP contribution in [0.15, 0.2) is 27.4 Å². The second-order valence-electron chi connectivity index (χ2n) is 2.86.